The van der Waals surface area contributed by atoms with E-state index in [2.05, 4.69) is 78.2 Å². The van der Waals surface area contributed by atoms with Crippen molar-refractivity contribution in [1.82, 2.24) is 14.1 Å². The van der Waals surface area contributed by atoms with Gasteiger partial charge in [-0.1, -0.05) is 225 Å². The molecule has 85 heavy (non-hydrogen) atoms. The fraction of sp³-hybridized carbons (Fsp3) is 0.316. The number of para-hydroxylation sites is 1. The molecule has 3 aromatic heterocycles. The van der Waals surface area contributed by atoms with E-state index in [1.807, 2.05) is 77.9 Å². The zero-order valence-corrected chi connectivity index (χ0v) is 51.8. The third kappa shape index (κ3) is 11.1. The normalized spacial score (nSPS) is 21.0. The van der Waals surface area contributed by atoms with E-state index in [-0.39, 0.29) is 82.8 Å². The van der Waals surface area contributed by atoms with Crippen molar-refractivity contribution >= 4 is 32.8 Å². The number of hydrogen-bond donors (Lipinski definition) is 0. The standard InChI is InChI=1S/C79H82N4O.Pt/c1-50-38-72(80-48-64(50)51-24-19-18-20-25-51)83-68-29-22-21-28-61(68)62-33-32-60(47-70(62)83)84-59-27-23-26-58(46-59)81-49-82(69-35-31-52(42-71(69)81)54-39-55(74(2,3)4)43-56(40-54)75(5,6)7)73-63(44-57(76(8,9)10)45-67(73)77(11,12)13)53-30-34-65-66(41-53)79(16,17)37-36-78(65,14)15;/h18-35,38-45,48H,36-37H2,1-17H3;/q-2;/i1D3,14D3,15D3,16D3,17D3,18D,19D,20D,24D,25D,30D,34D,36D2,37D2,41D;. The third-order valence-corrected chi connectivity index (χ3v) is 15.6. The second kappa shape index (κ2) is 21.3. The summed E-state index contributed by atoms with van der Waals surface area (Å²) < 4.78 is 258. The number of pyridine rings is 1. The number of nitrogens with zero attached hydrogens (tertiary/aromatic N) is 4. The molecule has 0 radical (unpaired) electrons. The van der Waals surface area contributed by atoms with Crippen LogP contribution >= 0.6 is 0 Å². The molecule has 3 heterocycles. The molecule has 5 nitrogen and oxygen atoms in total. The minimum absolute atomic E-state index is 0. The summed E-state index contributed by atoms with van der Waals surface area (Å²) in [6, 6.07) is 32.2. The summed E-state index contributed by atoms with van der Waals surface area (Å²) in [4.78, 5) is 4.71. The second-order valence-electron chi connectivity index (χ2n) is 26.0. The molecule has 0 spiro atoms. The first-order valence-corrected chi connectivity index (χ1v) is 27.9. The van der Waals surface area contributed by atoms with Crippen LogP contribution in [0, 0.1) is 25.3 Å². The van der Waals surface area contributed by atoms with Gasteiger partial charge in [0.05, 0.1) is 27.7 Å². The second-order valence-corrected chi connectivity index (χ2v) is 26.0. The Labute approximate surface area is 558 Å². The quantitative estimate of drug-likeness (QED) is 0.112. The molecule has 8 aromatic carbocycles. The van der Waals surface area contributed by atoms with Gasteiger partial charge in [-0.05, 0) is 148 Å². The van der Waals surface area contributed by atoms with E-state index < -0.39 is 134 Å². The summed E-state index contributed by atoms with van der Waals surface area (Å²) in [6.07, 6.45) is -4.40. The maximum absolute atomic E-state index is 10.6. The summed E-state index contributed by atoms with van der Waals surface area (Å²) in [7, 11) is 0. The summed E-state index contributed by atoms with van der Waals surface area (Å²) in [5, 5.41) is 1.36. The molecule has 0 saturated heterocycles. The van der Waals surface area contributed by atoms with Gasteiger partial charge in [0, 0.05) is 75.9 Å². The van der Waals surface area contributed by atoms with Crippen molar-refractivity contribution in [3.8, 4) is 62.1 Å². The van der Waals surface area contributed by atoms with E-state index in [9.17, 15) is 9.60 Å². The van der Waals surface area contributed by atoms with Crippen molar-refractivity contribution in [2.45, 2.75) is 163 Å². The van der Waals surface area contributed by atoms with Gasteiger partial charge in [-0.2, -0.15) is 18.2 Å². The van der Waals surface area contributed by atoms with Gasteiger partial charge in [0.1, 0.15) is 5.82 Å². The summed E-state index contributed by atoms with van der Waals surface area (Å²) in [5.74, 6) is 0.330. The predicted molar refractivity (Wildman–Crippen MR) is 351 cm³/mol. The molecule has 0 aliphatic heterocycles. The average Bonchev–Trinajstić information content (AvgIpc) is 0.658. The molecule has 1 aliphatic carbocycles. The molecule has 0 atom stereocenters. The Bertz CT molecular complexity index is 5580. The molecule has 1 aliphatic rings. The van der Waals surface area contributed by atoms with Crippen LogP contribution < -0.4 is 9.30 Å². The Kier molecular flexibility index (Phi) is 8.69. The number of hydrogen-bond acceptors (Lipinski definition) is 2. The van der Waals surface area contributed by atoms with Gasteiger partial charge in [-0.3, -0.25) is 4.57 Å². The predicted octanol–water partition coefficient (Wildman–Crippen LogP) is 20.4. The minimum Gasteiger partial charge on any atom is -0.510 e. The molecule has 6 heteroatoms. The van der Waals surface area contributed by atoms with Crippen LogP contribution in [0.25, 0.3) is 83.4 Å². The summed E-state index contributed by atoms with van der Waals surface area (Å²) >= 11 is 0. The number of aryl methyl sites for hydroxylation is 1. The maximum Gasteiger partial charge on any atom is 0.268 e. The molecular weight excluding hydrogens is 1220 g/mol. The third-order valence-electron chi connectivity index (χ3n) is 15.6. The summed E-state index contributed by atoms with van der Waals surface area (Å²) in [5.41, 5.74) is -9.59. The van der Waals surface area contributed by atoms with E-state index in [1.165, 1.54) is 12.3 Å². The fourth-order valence-electron chi connectivity index (χ4n) is 10.8. The van der Waals surface area contributed by atoms with Crippen molar-refractivity contribution in [3.63, 3.8) is 0 Å². The molecule has 0 saturated carbocycles. The SMILES string of the molecule is [2H]c1c([2H])c([2H])c(-c2cnc(-n3c4[c-]c(Oc5[c-]c(-n6[c-][n+](-c7c(-c8c([2H])c([2H])c9c(c8[2H])C(C([2H])([2H])[2H])(C([2H])([2H])[2H])C([2H])([2H])C([2H])([2H])C9(C([2H])([2H])[2H])C([2H])([2H])[2H])cc(C(C)(C)C)cc7C(C)(C)C)c7ccc(-c8cc(C(C)(C)C)cc(C(C)(C)C)c8)cc76)ccc5)ccc4c4ccccc43)cc2C([2H])([2H])[2H])c([2H])c1[2H].[Pt]. The number of ether oxygens (including phenoxy) is 1. The number of fused-ring (bicyclic) bond motifs is 5. The van der Waals surface area contributed by atoms with E-state index in [0.29, 0.717) is 44.0 Å². The van der Waals surface area contributed by atoms with Crippen LogP contribution in [0.1, 0.15) is 199 Å². The zero-order valence-electron chi connectivity index (χ0n) is 76.5. The number of aromatic nitrogens is 4. The number of rotatable bonds is 8. The largest absolute Gasteiger partial charge is 0.510 e. The van der Waals surface area contributed by atoms with Gasteiger partial charge in [0.2, 0.25) is 0 Å². The smallest absolute Gasteiger partial charge is 0.268 e. The van der Waals surface area contributed by atoms with Gasteiger partial charge < -0.3 is 13.9 Å². The van der Waals surface area contributed by atoms with Gasteiger partial charge >= 0.3 is 0 Å². The van der Waals surface area contributed by atoms with Crippen LogP contribution in [0.5, 0.6) is 11.5 Å². The molecule has 0 bridgehead atoms. The van der Waals surface area contributed by atoms with Crippen LogP contribution in [0.4, 0.5) is 0 Å². The monoisotopic (exact) mass is 1320 g/mol. The molecule has 436 valence electrons. The van der Waals surface area contributed by atoms with Crippen molar-refractivity contribution in [2.75, 3.05) is 0 Å². The van der Waals surface area contributed by atoms with E-state index >= 15 is 0 Å². The van der Waals surface area contributed by atoms with E-state index in [1.54, 1.807) is 62.2 Å². The Hall–Kier alpha value is -7.33. The zero-order chi connectivity index (χ0) is 82.7. The van der Waals surface area contributed by atoms with Gasteiger partial charge in [-0.25, -0.2) is 4.98 Å². The first-order valence-electron chi connectivity index (χ1n) is 41.4. The van der Waals surface area contributed by atoms with Crippen molar-refractivity contribution in [1.29, 1.82) is 0 Å². The molecular formula is C79H82N4OPt-2. The maximum atomic E-state index is 10.6. The first-order chi connectivity index (χ1) is 50.6. The average molecular weight is 1330 g/mol. The van der Waals surface area contributed by atoms with E-state index in [0.717, 1.165) is 22.3 Å². The van der Waals surface area contributed by atoms with Crippen LogP contribution in [-0.2, 0) is 53.6 Å². The summed E-state index contributed by atoms with van der Waals surface area (Å²) in [6.45, 7) is 3.79. The fourth-order valence-corrected chi connectivity index (χ4v) is 10.8. The van der Waals surface area contributed by atoms with Gasteiger partial charge in [-0.15, -0.1) is 29.7 Å². The Morgan fingerprint density at radius 3 is 1.95 bits per heavy atom. The topological polar surface area (TPSA) is 35.9 Å². The Balaban J connectivity index is 0.0000124. The molecule has 12 rings (SSSR count). The van der Waals surface area contributed by atoms with E-state index in [4.69, 9.17) is 37.1 Å². The number of benzene rings is 8. The van der Waals surface area contributed by atoms with Crippen molar-refractivity contribution < 1.29 is 67.4 Å². The Morgan fingerprint density at radius 2 is 1.27 bits per heavy atom. The van der Waals surface area contributed by atoms with Gasteiger partial charge in [0.25, 0.3) is 6.33 Å². The molecule has 0 unspecified atom stereocenters. The van der Waals surface area contributed by atoms with Crippen molar-refractivity contribution in [2.24, 2.45) is 0 Å². The molecule has 0 amide bonds. The first kappa shape index (κ1) is 34.7. The van der Waals surface area contributed by atoms with Crippen LogP contribution in [0.2, 0.25) is 0 Å². The molecule has 11 aromatic rings. The minimum atomic E-state index is -4.57. The Morgan fingerprint density at radius 1 is 0.588 bits per heavy atom. The van der Waals surface area contributed by atoms with Crippen molar-refractivity contribution in [3.05, 3.63) is 221 Å². The molecule has 0 fully saturated rings. The van der Waals surface area contributed by atoms with Gasteiger partial charge in [0.15, 0.2) is 0 Å². The van der Waals surface area contributed by atoms with Crippen LogP contribution in [-0.4, -0.2) is 14.1 Å². The van der Waals surface area contributed by atoms with Crippen LogP contribution in [0.15, 0.2) is 164 Å². The molecule has 0 N–H and O–H groups in total. The number of imidazole rings is 1. The van der Waals surface area contributed by atoms with Crippen LogP contribution in [0.3, 0.4) is 0 Å².